The fourth-order valence-corrected chi connectivity index (χ4v) is 5.01. The summed E-state index contributed by atoms with van der Waals surface area (Å²) in [4.78, 5) is 40.7. The molecule has 0 spiro atoms. The lowest BCUT2D eigenvalue weighted by Gasteiger charge is -2.37. The van der Waals surface area contributed by atoms with E-state index in [1.807, 2.05) is 15.9 Å². The van der Waals surface area contributed by atoms with Gasteiger partial charge in [0.1, 0.15) is 0 Å². The van der Waals surface area contributed by atoms with E-state index in [9.17, 15) is 19.5 Å². The first-order valence-corrected chi connectivity index (χ1v) is 9.71. The van der Waals surface area contributed by atoms with Gasteiger partial charge in [0.2, 0.25) is 5.91 Å². The van der Waals surface area contributed by atoms with Crippen LogP contribution in [0.1, 0.15) is 45.7 Å². The van der Waals surface area contributed by atoms with Crippen LogP contribution in [-0.4, -0.2) is 58.4 Å². The minimum absolute atomic E-state index is 0.0705. The second kappa shape index (κ2) is 6.72. The maximum atomic E-state index is 13.0. The van der Waals surface area contributed by atoms with Crippen molar-refractivity contribution in [3.8, 4) is 0 Å². The standard InChI is InChI=1S/C19H20N2O4S/c22-17-7-3-9-21(17)12-4-2-8-20(11-12)18(23)16-10-14-13(19(24)25)5-1-6-15(14)26-16/h1,5-6,10,12H,2-4,7-9,11H2,(H,24,25). The number of amides is 2. The van der Waals surface area contributed by atoms with Crippen molar-refractivity contribution in [2.45, 2.75) is 31.7 Å². The first-order valence-electron chi connectivity index (χ1n) is 8.89. The number of hydrogen-bond acceptors (Lipinski definition) is 4. The molecule has 2 aliphatic rings. The molecule has 4 rings (SSSR count). The summed E-state index contributed by atoms with van der Waals surface area (Å²) in [5.41, 5.74) is 0.219. The summed E-state index contributed by atoms with van der Waals surface area (Å²) in [6.45, 7) is 2.03. The Kier molecular flexibility index (Phi) is 4.40. The maximum Gasteiger partial charge on any atom is 0.336 e. The fraction of sp³-hybridized carbons (Fsp3) is 0.421. The topological polar surface area (TPSA) is 77.9 Å². The van der Waals surface area contributed by atoms with Crippen LogP contribution in [0.15, 0.2) is 24.3 Å². The van der Waals surface area contributed by atoms with Crippen LogP contribution in [0.5, 0.6) is 0 Å². The van der Waals surface area contributed by atoms with E-state index in [4.69, 9.17) is 0 Å². The van der Waals surface area contributed by atoms with E-state index < -0.39 is 5.97 Å². The highest BCUT2D eigenvalue weighted by Crippen LogP contribution is 2.30. The zero-order valence-corrected chi connectivity index (χ0v) is 15.1. The molecule has 2 amide bonds. The summed E-state index contributed by atoms with van der Waals surface area (Å²) in [5, 5.41) is 9.94. The van der Waals surface area contributed by atoms with Gasteiger partial charge in [-0.1, -0.05) is 6.07 Å². The average Bonchev–Trinajstić information content (AvgIpc) is 3.26. The monoisotopic (exact) mass is 372 g/mol. The summed E-state index contributed by atoms with van der Waals surface area (Å²) in [6, 6.07) is 6.89. The number of carbonyl (C=O) groups excluding carboxylic acids is 2. The highest BCUT2D eigenvalue weighted by atomic mass is 32.1. The van der Waals surface area contributed by atoms with Crippen molar-refractivity contribution in [2.75, 3.05) is 19.6 Å². The van der Waals surface area contributed by atoms with Crippen molar-refractivity contribution in [3.63, 3.8) is 0 Å². The predicted molar refractivity (Wildman–Crippen MR) is 98.7 cm³/mol. The minimum Gasteiger partial charge on any atom is -0.478 e. The van der Waals surface area contributed by atoms with Crippen molar-refractivity contribution in [1.82, 2.24) is 9.80 Å². The number of aromatic carboxylic acids is 1. The van der Waals surface area contributed by atoms with Gasteiger partial charge in [0.25, 0.3) is 5.91 Å². The summed E-state index contributed by atoms with van der Waals surface area (Å²) in [6.07, 6.45) is 3.33. The molecule has 1 N–H and O–H groups in total. The number of carbonyl (C=O) groups is 3. The van der Waals surface area contributed by atoms with Gasteiger partial charge >= 0.3 is 5.97 Å². The van der Waals surface area contributed by atoms with Gasteiger partial charge in [-0.15, -0.1) is 11.3 Å². The van der Waals surface area contributed by atoms with Crippen LogP contribution in [0.2, 0.25) is 0 Å². The SMILES string of the molecule is O=C(O)c1cccc2sc(C(=O)N3CCCC(N4CCCC4=O)C3)cc12. The molecule has 26 heavy (non-hydrogen) atoms. The second-order valence-corrected chi connectivity index (χ2v) is 7.95. The Morgan fingerprint density at radius 1 is 1.19 bits per heavy atom. The number of nitrogens with zero attached hydrogens (tertiary/aromatic N) is 2. The summed E-state index contributed by atoms with van der Waals surface area (Å²) in [7, 11) is 0. The van der Waals surface area contributed by atoms with E-state index in [1.54, 1.807) is 18.2 Å². The molecule has 0 aliphatic carbocycles. The van der Waals surface area contributed by atoms with Crippen LogP contribution in [0.4, 0.5) is 0 Å². The van der Waals surface area contributed by atoms with Gasteiger partial charge in [-0.25, -0.2) is 4.79 Å². The van der Waals surface area contributed by atoms with Crippen LogP contribution in [0.25, 0.3) is 10.1 Å². The molecule has 2 saturated heterocycles. The maximum absolute atomic E-state index is 13.0. The predicted octanol–water partition coefficient (Wildman–Crippen LogP) is 2.83. The van der Waals surface area contributed by atoms with Crippen molar-refractivity contribution >= 4 is 39.2 Å². The molecule has 2 aliphatic heterocycles. The molecule has 1 unspecified atom stereocenters. The van der Waals surface area contributed by atoms with Gasteiger partial charge in [0, 0.05) is 42.2 Å². The Balaban J connectivity index is 1.57. The number of carboxylic acids is 1. The van der Waals surface area contributed by atoms with E-state index in [0.29, 0.717) is 29.8 Å². The number of carboxylic acid groups (broad SMARTS) is 1. The Bertz CT molecular complexity index is 891. The first-order chi connectivity index (χ1) is 12.5. The third-order valence-electron chi connectivity index (χ3n) is 5.24. The Hall–Kier alpha value is -2.41. The lowest BCUT2D eigenvalue weighted by molar-refractivity contribution is -0.130. The van der Waals surface area contributed by atoms with Crippen molar-refractivity contribution in [1.29, 1.82) is 0 Å². The molecular formula is C19H20N2O4S. The van der Waals surface area contributed by atoms with Crippen LogP contribution < -0.4 is 0 Å². The molecule has 0 saturated carbocycles. The third-order valence-corrected chi connectivity index (χ3v) is 6.33. The Morgan fingerprint density at radius 2 is 2.04 bits per heavy atom. The Morgan fingerprint density at radius 3 is 2.77 bits per heavy atom. The van der Waals surface area contributed by atoms with Crippen molar-refractivity contribution in [2.24, 2.45) is 0 Å². The molecule has 136 valence electrons. The fourth-order valence-electron chi connectivity index (χ4n) is 3.96. The number of benzene rings is 1. The average molecular weight is 372 g/mol. The van der Waals surface area contributed by atoms with Gasteiger partial charge < -0.3 is 14.9 Å². The van der Waals surface area contributed by atoms with E-state index in [0.717, 1.165) is 30.5 Å². The third kappa shape index (κ3) is 2.96. The van der Waals surface area contributed by atoms with Crippen LogP contribution in [0, 0.1) is 0 Å². The van der Waals surface area contributed by atoms with E-state index in [2.05, 4.69) is 0 Å². The molecule has 0 radical (unpaired) electrons. The van der Waals surface area contributed by atoms with Crippen molar-refractivity contribution in [3.05, 3.63) is 34.7 Å². The molecule has 7 heteroatoms. The minimum atomic E-state index is -0.988. The molecule has 2 aromatic rings. The summed E-state index contributed by atoms with van der Waals surface area (Å²) in [5.74, 6) is -0.867. The van der Waals surface area contributed by atoms with Crippen LogP contribution in [0.3, 0.4) is 0 Å². The zero-order chi connectivity index (χ0) is 18.3. The van der Waals surface area contributed by atoms with Gasteiger partial charge in [0.15, 0.2) is 0 Å². The quantitative estimate of drug-likeness (QED) is 0.899. The second-order valence-electron chi connectivity index (χ2n) is 6.87. The van der Waals surface area contributed by atoms with Gasteiger partial charge in [-0.3, -0.25) is 9.59 Å². The summed E-state index contributed by atoms with van der Waals surface area (Å²) >= 11 is 1.33. The largest absolute Gasteiger partial charge is 0.478 e. The van der Waals surface area contributed by atoms with Crippen molar-refractivity contribution < 1.29 is 19.5 Å². The lowest BCUT2D eigenvalue weighted by atomic mass is 10.0. The molecule has 1 atom stereocenters. The van der Waals surface area contributed by atoms with E-state index >= 15 is 0 Å². The molecule has 1 aromatic heterocycles. The highest BCUT2D eigenvalue weighted by molar-refractivity contribution is 7.20. The number of hydrogen-bond donors (Lipinski definition) is 1. The molecule has 2 fully saturated rings. The van der Waals surface area contributed by atoms with E-state index in [1.165, 1.54) is 11.3 Å². The number of thiophene rings is 1. The Labute approximate surface area is 155 Å². The number of piperidine rings is 1. The van der Waals surface area contributed by atoms with Crippen LogP contribution in [-0.2, 0) is 4.79 Å². The number of likely N-dealkylation sites (tertiary alicyclic amines) is 2. The highest BCUT2D eigenvalue weighted by Gasteiger charge is 2.33. The molecule has 3 heterocycles. The van der Waals surface area contributed by atoms with Gasteiger partial charge in [0.05, 0.1) is 10.4 Å². The zero-order valence-electron chi connectivity index (χ0n) is 14.3. The number of rotatable bonds is 3. The van der Waals surface area contributed by atoms with E-state index in [-0.39, 0.29) is 23.4 Å². The lowest BCUT2D eigenvalue weighted by Crippen LogP contribution is -2.50. The molecular weight excluding hydrogens is 352 g/mol. The normalized spacial score (nSPS) is 20.8. The van der Waals surface area contributed by atoms with Crippen LogP contribution >= 0.6 is 11.3 Å². The summed E-state index contributed by atoms with van der Waals surface area (Å²) < 4.78 is 0.802. The first kappa shape index (κ1) is 17.0. The van der Waals surface area contributed by atoms with Gasteiger partial charge in [-0.2, -0.15) is 0 Å². The van der Waals surface area contributed by atoms with Gasteiger partial charge in [-0.05, 0) is 37.5 Å². The molecule has 1 aromatic carbocycles. The molecule has 6 nitrogen and oxygen atoms in total. The molecule has 0 bridgehead atoms. The smallest absolute Gasteiger partial charge is 0.336 e. The number of fused-ring (bicyclic) bond motifs is 1.